The quantitative estimate of drug-likeness (QED) is 0.440. The number of rotatable bonds is 7. The fraction of sp³-hybridized carbons (Fsp3) is 0.211. The number of hydrogen-bond acceptors (Lipinski definition) is 9. The molecule has 0 radical (unpaired) electrons. The van der Waals surface area contributed by atoms with Crippen LogP contribution in [-0.2, 0) is 13.7 Å². The standard InChI is InChI=1S/C19H16F2N8O2/c1-29-15(17(27-28-29)14-4-3-11(7-22-14)18(20)21)10-31-16-6-5-13(25-26-16)12-8-23-19(30-2)24-9-12/h3-9,18H,10H2,1-2H3. The molecule has 4 heterocycles. The van der Waals surface area contributed by atoms with E-state index in [9.17, 15) is 8.78 Å². The van der Waals surface area contributed by atoms with Crippen molar-refractivity contribution in [2.45, 2.75) is 13.0 Å². The van der Waals surface area contributed by atoms with Crippen molar-refractivity contribution in [3.05, 3.63) is 54.1 Å². The molecule has 0 aliphatic rings. The fourth-order valence-electron chi connectivity index (χ4n) is 2.66. The Hall–Kier alpha value is -4.09. The first-order valence-electron chi connectivity index (χ1n) is 9.01. The molecule has 0 aliphatic heterocycles. The van der Waals surface area contributed by atoms with Crippen LogP contribution in [0.4, 0.5) is 8.78 Å². The van der Waals surface area contributed by atoms with Crippen LogP contribution in [0.15, 0.2) is 42.9 Å². The topological polar surface area (TPSA) is 114 Å². The van der Waals surface area contributed by atoms with Gasteiger partial charge < -0.3 is 9.47 Å². The average Bonchev–Trinajstić information content (AvgIpc) is 3.18. The summed E-state index contributed by atoms with van der Waals surface area (Å²) in [5, 5.41) is 16.2. The molecule has 0 N–H and O–H groups in total. The van der Waals surface area contributed by atoms with E-state index in [4.69, 9.17) is 9.47 Å². The number of nitrogens with zero attached hydrogens (tertiary/aromatic N) is 8. The second-order valence-corrected chi connectivity index (χ2v) is 6.29. The zero-order chi connectivity index (χ0) is 21.8. The van der Waals surface area contributed by atoms with Crippen molar-refractivity contribution in [1.29, 1.82) is 0 Å². The summed E-state index contributed by atoms with van der Waals surface area (Å²) in [6, 6.07) is 6.42. The lowest BCUT2D eigenvalue weighted by Crippen LogP contribution is -2.06. The van der Waals surface area contributed by atoms with Crippen LogP contribution in [0, 0.1) is 0 Å². The minimum absolute atomic E-state index is 0.0801. The molecule has 4 rings (SSSR count). The van der Waals surface area contributed by atoms with Crippen molar-refractivity contribution in [2.75, 3.05) is 7.11 Å². The summed E-state index contributed by atoms with van der Waals surface area (Å²) in [7, 11) is 3.18. The van der Waals surface area contributed by atoms with Gasteiger partial charge in [-0.25, -0.2) is 23.4 Å². The number of hydrogen-bond donors (Lipinski definition) is 0. The molecule has 0 unspecified atom stereocenters. The van der Waals surface area contributed by atoms with Crippen LogP contribution in [0.3, 0.4) is 0 Å². The summed E-state index contributed by atoms with van der Waals surface area (Å²) < 4.78 is 37.7. The molecule has 4 aromatic heterocycles. The van der Waals surface area contributed by atoms with Crippen molar-refractivity contribution in [2.24, 2.45) is 7.05 Å². The molecule has 4 aromatic rings. The van der Waals surface area contributed by atoms with E-state index in [1.54, 1.807) is 31.6 Å². The first-order valence-corrected chi connectivity index (χ1v) is 9.01. The van der Waals surface area contributed by atoms with Crippen molar-refractivity contribution in [3.8, 4) is 34.5 Å². The zero-order valence-electron chi connectivity index (χ0n) is 16.5. The number of pyridine rings is 1. The molecular weight excluding hydrogens is 410 g/mol. The largest absolute Gasteiger partial charge is 0.470 e. The van der Waals surface area contributed by atoms with Crippen LogP contribution in [0.25, 0.3) is 22.6 Å². The van der Waals surface area contributed by atoms with Crippen molar-refractivity contribution in [1.82, 2.24) is 40.1 Å². The third kappa shape index (κ3) is 4.42. The number of halogens is 2. The predicted molar refractivity (Wildman–Crippen MR) is 103 cm³/mol. The summed E-state index contributed by atoms with van der Waals surface area (Å²) >= 11 is 0. The van der Waals surface area contributed by atoms with Gasteiger partial charge in [0, 0.05) is 42.8 Å². The first-order chi connectivity index (χ1) is 15.0. The lowest BCUT2D eigenvalue weighted by molar-refractivity contribution is 0.151. The normalized spacial score (nSPS) is 11.0. The molecule has 10 nitrogen and oxygen atoms in total. The van der Waals surface area contributed by atoms with Gasteiger partial charge >= 0.3 is 6.01 Å². The summed E-state index contributed by atoms with van der Waals surface area (Å²) in [5.74, 6) is 0.284. The minimum atomic E-state index is -2.59. The minimum Gasteiger partial charge on any atom is -0.470 e. The lowest BCUT2D eigenvalue weighted by Gasteiger charge is -2.07. The molecule has 0 aliphatic carbocycles. The average molecular weight is 426 g/mol. The highest BCUT2D eigenvalue weighted by Gasteiger charge is 2.16. The second-order valence-electron chi connectivity index (χ2n) is 6.29. The van der Waals surface area contributed by atoms with E-state index in [0.29, 0.717) is 28.3 Å². The molecule has 0 bridgehead atoms. The number of ether oxygens (including phenoxy) is 2. The van der Waals surface area contributed by atoms with Gasteiger partial charge in [0.05, 0.1) is 18.5 Å². The van der Waals surface area contributed by atoms with Gasteiger partial charge in [0.15, 0.2) is 0 Å². The molecule has 31 heavy (non-hydrogen) atoms. The molecule has 158 valence electrons. The van der Waals surface area contributed by atoms with Crippen LogP contribution in [-0.4, -0.2) is 47.3 Å². The van der Waals surface area contributed by atoms with E-state index < -0.39 is 6.43 Å². The Bertz CT molecular complexity index is 1150. The van der Waals surface area contributed by atoms with Gasteiger partial charge in [0.1, 0.15) is 18.0 Å². The van der Waals surface area contributed by atoms with Crippen molar-refractivity contribution >= 4 is 0 Å². The summed E-state index contributed by atoms with van der Waals surface area (Å²) in [6.45, 7) is 0.0801. The maximum absolute atomic E-state index is 12.7. The van der Waals surface area contributed by atoms with Gasteiger partial charge in [0.2, 0.25) is 5.88 Å². The Kier molecular flexibility index (Phi) is 5.69. The molecule has 0 saturated carbocycles. The van der Waals surface area contributed by atoms with E-state index in [-0.39, 0.29) is 24.1 Å². The van der Waals surface area contributed by atoms with Crippen LogP contribution in [0.1, 0.15) is 17.7 Å². The third-order valence-electron chi connectivity index (χ3n) is 4.33. The molecule has 0 amide bonds. The highest BCUT2D eigenvalue weighted by Crippen LogP contribution is 2.24. The summed E-state index contributed by atoms with van der Waals surface area (Å²) in [6.07, 6.45) is 1.69. The molecule has 0 atom stereocenters. The van der Waals surface area contributed by atoms with E-state index in [0.717, 1.165) is 6.20 Å². The maximum Gasteiger partial charge on any atom is 0.316 e. The van der Waals surface area contributed by atoms with E-state index in [1.165, 1.54) is 23.9 Å². The first kappa shape index (κ1) is 20.2. The molecule has 0 aromatic carbocycles. The third-order valence-corrected chi connectivity index (χ3v) is 4.33. The van der Waals surface area contributed by atoms with Gasteiger partial charge in [-0.15, -0.1) is 15.3 Å². The summed E-state index contributed by atoms with van der Waals surface area (Å²) in [4.78, 5) is 12.1. The maximum atomic E-state index is 12.7. The smallest absolute Gasteiger partial charge is 0.316 e. The number of methoxy groups -OCH3 is 1. The highest BCUT2D eigenvalue weighted by atomic mass is 19.3. The molecular formula is C19H16F2N8O2. The predicted octanol–water partition coefficient (Wildman–Crippen LogP) is 2.65. The summed E-state index contributed by atoms with van der Waals surface area (Å²) in [5.41, 5.74) is 2.53. The van der Waals surface area contributed by atoms with E-state index in [1.807, 2.05) is 0 Å². The fourth-order valence-corrected chi connectivity index (χ4v) is 2.66. The van der Waals surface area contributed by atoms with Crippen LogP contribution in [0.2, 0.25) is 0 Å². The Morgan fingerprint density at radius 3 is 2.32 bits per heavy atom. The van der Waals surface area contributed by atoms with Gasteiger partial charge in [-0.2, -0.15) is 0 Å². The highest BCUT2D eigenvalue weighted by molar-refractivity contribution is 5.57. The zero-order valence-corrected chi connectivity index (χ0v) is 16.5. The van der Waals surface area contributed by atoms with Gasteiger partial charge in [-0.05, 0) is 18.2 Å². The van der Waals surface area contributed by atoms with Gasteiger partial charge in [-0.3, -0.25) is 4.98 Å². The van der Waals surface area contributed by atoms with Crippen molar-refractivity contribution < 1.29 is 18.3 Å². The Morgan fingerprint density at radius 2 is 1.71 bits per heavy atom. The van der Waals surface area contributed by atoms with Gasteiger partial charge in [0.25, 0.3) is 6.43 Å². The Morgan fingerprint density at radius 1 is 0.935 bits per heavy atom. The number of aryl methyl sites for hydroxylation is 1. The SMILES string of the molecule is COc1ncc(-c2ccc(OCc3c(-c4ccc(C(F)F)cn4)nnn3C)nn2)cn1. The van der Waals surface area contributed by atoms with Crippen LogP contribution >= 0.6 is 0 Å². The molecule has 0 saturated heterocycles. The number of alkyl halides is 2. The Labute approximate surface area is 174 Å². The molecule has 0 spiro atoms. The Balaban J connectivity index is 1.47. The lowest BCUT2D eigenvalue weighted by atomic mass is 10.2. The van der Waals surface area contributed by atoms with Crippen LogP contribution < -0.4 is 9.47 Å². The van der Waals surface area contributed by atoms with Crippen molar-refractivity contribution in [3.63, 3.8) is 0 Å². The molecule has 12 heteroatoms. The second kappa shape index (κ2) is 8.73. The van der Waals surface area contributed by atoms with E-state index >= 15 is 0 Å². The van der Waals surface area contributed by atoms with Crippen LogP contribution in [0.5, 0.6) is 11.9 Å². The number of aromatic nitrogens is 8. The molecule has 0 fully saturated rings. The van der Waals surface area contributed by atoms with Gasteiger partial charge in [-0.1, -0.05) is 5.21 Å². The van der Waals surface area contributed by atoms with E-state index in [2.05, 4.69) is 35.5 Å². The monoisotopic (exact) mass is 426 g/mol.